The average molecular weight is 311 g/mol. The van der Waals surface area contributed by atoms with Crippen LogP contribution in [0.4, 0.5) is 4.79 Å². The molecule has 1 aliphatic carbocycles. The molecule has 3 unspecified atom stereocenters. The van der Waals surface area contributed by atoms with Crippen molar-refractivity contribution in [3.8, 4) is 0 Å². The summed E-state index contributed by atoms with van der Waals surface area (Å²) in [5, 5.41) is 19.5. The fraction of sp³-hybridized carbons (Fsp3) is 0.667. The summed E-state index contributed by atoms with van der Waals surface area (Å²) in [5.41, 5.74) is 0.852. The Morgan fingerprint density at radius 1 is 1.52 bits per heavy atom. The molecule has 3 atom stereocenters. The second kappa shape index (κ2) is 7.77. The maximum Gasteiger partial charge on any atom is 0.315 e. The van der Waals surface area contributed by atoms with Crippen LogP contribution >= 0.6 is 11.3 Å². The van der Waals surface area contributed by atoms with Crippen LogP contribution in [0.5, 0.6) is 0 Å². The van der Waals surface area contributed by atoms with Gasteiger partial charge in [-0.2, -0.15) is 11.3 Å². The number of carbonyl (C=O) groups excluding carboxylic acids is 1. The lowest BCUT2D eigenvalue weighted by Crippen LogP contribution is -2.47. The number of rotatable bonds is 5. The highest BCUT2D eigenvalue weighted by Crippen LogP contribution is 2.21. The summed E-state index contributed by atoms with van der Waals surface area (Å²) in [6.45, 7) is 0.242. The zero-order chi connectivity index (χ0) is 15.2. The summed E-state index contributed by atoms with van der Waals surface area (Å²) in [7, 11) is 4.18. The monoisotopic (exact) mass is 311 g/mol. The zero-order valence-corrected chi connectivity index (χ0v) is 13.5. The van der Waals surface area contributed by atoms with Crippen molar-refractivity contribution in [1.29, 1.82) is 0 Å². The molecule has 0 bridgehead atoms. The van der Waals surface area contributed by atoms with Gasteiger partial charge in [0.25, 0.3) is 0 Å². The van der Waals surface area contributed by atoms with Gasteiger partial charge in [0.05, 0.1) is 6.10 Å². The molecule has 2 amide bonds. The molecule has 1 heterocycles. The number of carbonyl (C=O) groups is 1. The molecule has 1 fully saturated rings. The Labute approximate surface area is 130 Å². The number of hydrogen-bond donors (Lipinski definition) is 3. The molecule has 1 aromatic heterocycles. The molecule has 3 N–H and O–H groups in total. The Morgan fingerprint density at radius 2 is 2.33 bits per heavy atom. The first-order chi connectivity index (χ1) is 10.1. The van der Waals surface area contributed by atoms with Gasteiger partial charge in [-0.25, -0.2) is 4.79 Å². The number of aliphatic hydroxyl groups excluding tert-OH is 1. The van der Waals surface area contributed by atoms with E-state index in [0.29, 0.717) is 6.04 Å². The third-order valence-corrected chi connectivity index (χ3v) is 4.80. The molecule has 21 heavy (non-hydrogen) atoms. The lowest BCUT2D eigenvalue weighted by Gasteiger charge is -2.33. The molecule has 0 aromatic carbocycles. The van der Waals surface area contributed by atoms with Crippen LogP contribution in [0.1, 0.15) is 37.4 Å². The highest BCUT2D eigenvalue weighted by molar-refractivity contribution is 7.07. The Bertz CT molecular complexity index is 436. The van der Waals surface area contributed by atoms with Crippen molar-refractivity contribution < 1.29 is 9.90 Å². The van der Waals surface area contributed by atoms with Gasteiger partial charge in [0.2, 0.25) is 0 Å². The van der Waals surface area contributed by atoms with Gasteiger partial charge in [0.1, 0.15) is 0 Å². The molecule has 5 nitrogen and oxygen atoms in total. The number of nitrogens with one attached hydrogen (secondary N) is 2. The molecule has 6 heteroatoms. The first kappa shape index (κ1) is 16.3. The van der Waals surface area contributed by atoms with Crippen molar-refractivity contribution in [2.24, 2.45) is 0 Å². The lowest BCUT2D eigenvalue weighted by molar-refractivity contribution is 0.169. The fourth-order valence-electron chi connectivity index (χ4n) is 2.77. The topological polar surface area (TPSA) is 64.6 Å². The second-order valence-electron chi connectivity index (χ2n) is 5.91. The van der Waals surface area contributed by atoms with E-state index in [1.165, 1.54) is 6.42 Å². The van der Waals surface area contributed by atoms with Crippen molar-refractivity contribution >= 4 is 17.4 Å². The first-order valence-electron chi connectivity index (χ1n) is 7.47. The number of amides is 2. The van der Waals surface area contributed by atoms with Crippen LogP contribution in [0, 0.1) is 0 Å². The smallest absolute Gasteiger partial charge is 0.315 e. The van der Waals surface area contributed by atoms with Gasteiger partial charge in [-0.15, -0.1) is 0 Å². The number of aliphatic hydroxyl groups is 1. The van der Waals surface area contributed by atoms with Crippen molar-refractivity contribution in [2.75, 3.05) is 20.6 Å². The van der Waals surface area contributed by atoms with E-state index in [1.54, 1.807) is 11.3 Å². The van der Waals surface area contributed by atoms with Crippen molar-refractivity contribution in [1.82, 2.24) is 15.5 Å². The minimum absolute atomic E-state index is 0.186. The van der Waals surface area contributed by atoms with Crippen LogP contribution in [-0.4, -0.2) is 48.8 Å². The van der Waals surface area contributed by atoms with E-state index in [1.807, 2.05) is 16.8 Å². The molecule has 0 radical (unpaired) electrons. The number of urea groups is 1. The van der Waals surface area contributed by atoms with Gasteiger partial charge >= 0.3 is 6.03 Å². The molecule has 0 saturated heterocycles. The van der Waals surface area contributed by atoms with E-state index >= 15 is 0 Å². The molecule has 118 valence electrons. The Hall–Kier alpha value is -1.11. The van der Waals surface area contributed by atoms with Gasteiger partial charge in [-0.1, -0.05) is 0 Å². The third-order valence-electron chi connectivity index (χ3n) is 4.10. The predicted octanol–water partition coefficient (Wildman–Crippen LogP) is 1.95. The standard InChI is InChI=1S/C15H25N3O2S/c1-18(2)13-5-3-4-12(8-13)17-15(20)16-9-14(19)11-6-7-21-10-11/h6-7,10,12-14,19H,3-5,8-9H2,1-2H3,(H2,16,17,20). The van der Waals surface area contributed by atoms with Crippen LogP contribution in [0.25, 0.3) is 0 Å². The Kier molecular flexibility index (Phi) is 6.02. The van der Waals surface area contributed by atoms with E-state index in [0.717, 1.165) is 24.8 Å². The summed E-state index contributed by atoms with van der Waals surface area (Å²) in [6, 6.07) is 2.45. The molecule has 1 saturated carbocycles. The SMILES string of the molecule is CN(C)C1CCCC(NC(=O)NCC(O)c2ccsc2)C1. The highest BCUT2D eigenvalue weighted by atomic mass is 32.1. The first-order valence-corrected chi connectivity index (χ1v) is 8.41. The van der Waals surface area contributed by atoms with Crippen LogP contribution in [-0.2, 0) is 0 Å². The van der Waals surface area contributed by atoms with Gasteiger partial charge in [-0.05, 0) is 62.2 Å². The normalized spacial score (nSPS) is 23.8. The predicted molar refractivity (Wildman–Crippen MR) is 85.5 cm³/mol. The van der Waals surface area contributed by atoms with Gasteiger partial charge in [0, 0.05) is 18.6 Å². The van der Waals surface area contributed by atoms with Gasteiger partial charge in [-0.3, -0.25) is 0 Å². The Balaban J connectivity index is 1.71. The maximum absolute atomic E-state index is 11.9. The maximum atomic E-state index is 11.9. The summed E-state index contributed by atoms with van der Waals surface area (Å²) >= 11 is 1.54. The molecule has 0 spiro atoms. The number of thiophene rings is 1. The second-order valence-corrected chi connectivity index (χ2v) is 6.69. The van der Waals surface area contributed by atoms with Crippen molar-refractivity contribution in [3.63, 3.8) is 0 Å². The largest absolute Gasteiger partial charge is 0.387 e. The minimum atomic E-state index is -0.636. The van der Waals surface area contributed by atoms with E-state index in [2.05, 4.69) is 29.6 Å². The fourth-order valence-corrected chi connectivity index (χ4v) is 3.48. The van der Waals surface area contributed by atoms with Gasteiger partial charge < -0.3 is 20.6 Å². The summed E-state index contributed by atoms with van der Waals surface area (Å²) in [5.74, 6) is 0. The van der Waals surface area contributed by atoms with Crippen LogP contribution < -0.4 is 10.6 Å². The van der Waals surface area contributed by atoms with Crippen LogP contribution in [0.2, 0.25) is 0 Å². The average Bonchev–Trinajstić information content (AvgIpc) is 2.99. The lowest BCUT2D eigenvalue weighted by atomic mass is 9.90. The van der Waals surface area contributed by atoms with E-state index in [4.69, 9.17) is 0 Å². The van der Waals surface area contributed by atoms with Crippen molar-refractivity contribution in [3.05, 3.63) is 22.4 Å². The highest BCUT2D eigenvalue weighted by Gasteiger charge is 2.24. The van der Waals surface area contributed by atoms with E-state index < -0.39 is 6.10 Å². The molecule has 1 aliphatic rings. The minimum Gasteiger partial charge on any atom is -0.387 e. The third kappa shape index (κ3) is 4.98. The molecule has 0 aliphatic heterocycles. The summed E-state index contributed by atoms with van der Waals surface area (Å²) in [6.07, 6.45) is 3.73. The zero-order valence-electron chi connectivity index (χ0n) is 12.7. The summed E-state index contributed by atoms with van der Waals surface area (Å²) in [4.78, 5) is 14.1. The number of hydrogen-bond acceptors (Lipinski definition) is 4. The van der Waals surface area contributed by atoms with Crippen LogP contribution in [0.3, 0.4) is 0 Å². The van der Waals surface area contributed by atoms with Crippen LogP contribution in [0.15, 0.2) is 16.8 Å². The molecular weight excluding hydrogens is 286 g/mol. The number of nitrogens with zero attached hydrogens (tertiary/aromatic N) is 1. The Morgan fingerprint density at radius 3 is 3.00 bits per heavy atom. The van der Waals surface area contributed by atoms with Crippen molar-refractivity contribution in [2.45, 2.75) is 43.9 Å². The quantitative estimate of drug-likeness (QED) is 0.779. The van der Waals surface area contributed by atoms with Gasteiger partial charge in [0.15, 0.2) is 0 Å². The van der Waals surface area contributed by atoms with E-state index in [9.17, 15) is 9.90 Å². The molecule has 1 aromatic rings. The summed E-state index contributed by atoms with van der Waals surface area (Å²) < 4.78 is 0. The molecule has 2 rings (SSSR count). The molecular formula is C15H25N3O2S. The van der Waals surface area contributed by atoms with E-state index in [-0.39, 0.29) is 18.6 Å².